The van der Waals surface area contributed by atoms with Gasteiger partial charge < -0.3 is 14.4 Å². The molecule has 0 aliphatic carbocycles. The van der Waals surface area contributed by atoms with Gasteiger partial charge in [-0.3, -0.25) is 4.79 Å². The largest absolute Gasteiger partial charge is 0.434 e. The molecule has 4 nitrogen and oxygen atoms in total. The van der Waals surface area contributed by atoms with E-state index in [1.54, 1.807) is 11.0 Å². The van der Waals surface area contributed by atoms with Gasteiger partial charge in [0.1, 0.15) is 5.75 Å². The minimum absolute atomic E-state index is 0.124. The first-order valence-corrected chi connectivity index (χ1v) is 6.48. The molecule has 0 radical (unpaired) electrons. The van der Waals surface area contributed by atoms with E-state index in [4.69, 9.17) is 4.74 Å². The summed E-state index contributed by atoms with van der Waals surface area (Å²) in [5, 5.41) is 0. The third-order valence-corrected chi connectivity index (χ3v) is 3.18. The van der Waals surface area contributed by atoms with Crippen LogP contribution in [-0.2, 0) is 4.74 Å². The summed E-state index contributed by atoms with van der Waals surface area (Å²) < 4.78 is 34.8. The van der Waals surface area contributed by atoms with Crippen LogP contribution in [0.25, 0.3) is 0 Å². The third kappa shape index (κ3) is 3.63. The van der Waals surface area contributed by atoms with Crippen LogP contribution in [0.5, 0.6) is 5.75 Å². The molecule has 0 atom stereocenters. The van der Waals surface area contributed by atoms with E-state index in [-0.39, 0.29) is 17.2 Å². The van der Waals surface area contributed by atoms with Crippen LogP contribution in [0.1, 0.15) is 10.4 Å². The first-order chi connectivity index (χ1) is 9.08. The lowest BCUT2D eigenvalue weighted by Gasteiger charge is -2.27. The van der Waals surface area contributed by atoms with Gasteiger partial charge in [0, 0.05) is 17.6 Å². The highest BCUT2D eigenvalue weighted by atomic mass is 79.9. The van der Waals surface area contributed by atoms with Crippen LogP contribution in [-0.4, -0.2) is 43.7 Å². The van der Waals surface area contributed by atoms with Crippen LogP contribution < -0.4 is 4.74 Å². The van der Waals surface area contributed by atoms with Crippen molar-refractivity contribution in [1.29, 1.82) is 0 Å². The molecular formula is C12H12BrF2NO3. The molecule has 7 heteroatoms. The quantitative estimate of drug-likeness (QED) is 0.852. The lowest BCUT2D eigenvalue weighted by Crippen LogP contribution is -2.40. The van der Waals surface area contributed by atoms with Crippen molar-refractivity contribution in [2.24, 2.45) is 0 Å². The van der Waals surface area contributed by atoms with E-state index in [0.717, 1.165) is 0 Å². The average molecular weight is 336 g/mol. The van der Waals surface area contributed by atoms with Gasteiger partial charge in [-0.15, -0.1) is 0 Å². The maximum atomic E-state index is 12.4. The van der Waals surface area contributed by atoms with Crippen molar-refractivity contribution >= 4 is 21.8 Å². The molecule has 1 fully saturated rings. The number of ether oxygens (including phenoxy) is 2. The van der Waals surface area contributed by atoms with Gasteiger partial charge in [0.05, 0.1) is 18.8 Å². The molecule has 1 saturated heterocycles. The van der Waals surface area contributed by atoms with E-state index in [1.165, 1.54) is 12.1 Å². The highest BCUT2D eigenvalue weighted by Gasteiger charge is 2.23. The normalized spacial score (nSPS) is 15.7. The van der Waals surface area contributed by atoms with Crippen LogP contribution in [0.2, 0.25) is 0 Å². The summed E-state index contributed by atoms with van der Waals surface area (Å²) in [4.78, 5) is 13.8. The zero-order valence-corrected chi connectivity index (χ0v) is 11.5. The predicted molar refractivity (Wildman–Crippen MR) is 67.5 cm³/mol. The lowest BCUT2D eigenvalue weighted by molar-refractivity contribution is -0.0504. The van der Waals surface area contributed by atoms with E-state index >= 15 is 0 Å². The number of carbonyl (C=O) groups is 1. The number of nitrogens with zero attached hydrogens (tertiary/aromatic N) is 1. The van der Waals surface area contributed by atoms with Crippen LogP contribution in [0.15, 0.2) is 22.7 Å². The summed E-state index contributed by atoms with van der Waals surface area (Å²) in [5.41, 5.74) is 0.130. The van der Waals surface area contributed by atoms with Crippen molar-refractivity contribution in [3.8, 4) is 5.75 Å². The first kappa shape index (κ1) is 14.2. The molecule has 2 rings (SSSR count). The van der Waals surface area contributed by atoms with Crippen molar-refractivity contribution in [2.75, 3.05) is 26.3 Å². The number of rotatable bonds is 3. The summed E-state index contributed by atoms with van der Waals surface area (Å²) in [6.45, 7) is -1.17. The van der Waals surface area contributed by atoms with E-state index in [1.807, 2.05) is 0 Å². The zero-order chi connectivity index (χ0) is 13.8. The Labute approximate surface area is 117 Å². The second kappa shape index (κ2) is 6.29. The van der Waals surface area contributed by atoms with E-state index < -0.39 is 6.61 Å². The summed E-state index contributed by atoms with van der Waals surface area (Å²) in [5.74, 6) is -0.452. The van der Waals surface area contributed by atoms with Gasteiger partial charge in [-0.05, 0) is 18.2 Å². The van der Waals surface area contributed by atoms with Crippen molar-refractivity contribution in [3.63, 3.8) is 0 Å². The number of alkyl halides is 2. The molecule has 1 aromatic carbocycles. The molecule has 0 unspecified atom stereocenters. The summed E-state index contributed by atoms with van der Waals surface area (Å²) in [6.07, 6.45) is 0. The number of carbonyl (C=O) groups excluding carboxylic acids is 1. The number of hydrogen-bond donors (Lipinski definition) is 0. The second-order valence-corrected chi connectivity index (χ2v) is 4.84. The Morgan fingerprint density at radius 3 is 2.68 bits per heavy atom. The fourth-order valence-electron chi connectivity index (χ4n) is 1.80. The smallest absolute Gasteiger partial charge is 0.387 e. The minimum Gasteiger partial charge on any atom is -0.434 e. The molecule has 0 saturated carbocycles. The lowest BCUT2D eigenvalue weighted by atomic mass is 10.1. The highest BCUT2D eigenvalue weighted by Crippen LogP contribution is 2.26. The Morgan fingerprint density at radius 2 is 2.05 bits per heavy atom. The fraction of sp³-hybridized carbons (Fsp3) is 0.417. The van der Waals surface area contributed by atoms with Gasteiger partial charge in [-0.25, -0.2) is 0 Å². The maximum absolute atomic E-state index is 12.4. The predicted octanol–water partition coefficient (Wildman–Crippen LogP) is 2.52. The molecule has 104 valence electrons. The summed E-state index contributed by atoms with van der Waals surface area (Å²) in [6, 6.07) is 4.45. The number of halogens is 3. The molecule has 1 aliphatic heterocycles. The van der Waals surface area contributed by atoms with E-state index in [0.29, 0.717) is 30.8 Å². The Kier molecular flexibility index (Phi) is 4.71. The Morgan fingerprint density at radius 1 is 1.37 bits per heavy atom. The van der Waals surface area contributed by atoms with Gasteiger partial charge in [0.2, 0.25) is 0 Å². The number of morpholine rings is 1. The first-order valence-electron chi connectivity index (χ1n) is 5.69. The highest BCUT2D eigenvalue weighted by molar-refractivity contribution is 9.10. The molecule has 0 N–H and O–H groups in total. The van der Waals surface area contributed by atoms with Gasteiger partial charge in [0.25, 0.3) is 5.91 Å². The topological polar surface area (TPSA) is 38.8 Å². The molecule has 0 aromatic heterocycles. The number of amides is 1. The second-order valence-electron chi connectivity index (χ2n) is 3.92. The Hall–Kier alpha value is -1.21. The molecule has 0 bridgehead atoms. The monoisotopic (exact) mass is 335 g/mol. The molecule has 1 aliphatic rings. The van der Waals surface area contributed by atoms with Crippen LogP contribution in [0, 0.1) is 0 Å². The van der Waals surface area contributed by atoms with Crippen molar-refractivity contribution in [3.05, 3.63) is 28.2 Å². The third-order valence-electron chi connectivity index (χ3n) is 2.69. The molecule has 1 amide bonds. The Balaban J connectivity index is 2.24. The van der Waals surface area contributed by atoms with Crippen molar-refractivity contribution < 1.29 is 23.0 Å². The standard InChI is InChI=1S/C12H12BrF2NO3/c13-8-1-2-9(10(7-8)19-12(14)15)11(17)16-3-5-18-6-4-16/h1-2,7,12H,3-6H2. The van der Waals surface area contributed by atoms with Crippen molar-refractivity contribution in [2.45, 2.75) is 6.61 Å². The van der Waals surface area contributed by atoms with Gasteiger partial charge >= 0.3 is 6.61 Å². The fourth-order valence-corrected chi connectivity index (χ4v) is 2.14. The molecule has 0 spiro atoms. The average Bonchev–Trinajstić information content (AvgIpc) is 2.38. The Bertz CT molecular complexity index is 464. The van der Waals surface area contributed by atoms with Gasteiger partial charge in [-0.1, -0.05) is 15.9 Å². The maximum Gasteiger partial charge on any atom is 0.387 e. The van der Waals surface area contributed by atoms with Crippen LogP contribution >= 0.6 is 15.9 Å². The SMILES string of the molecule is O=C(c1ccc(Br)cc1OC(F)F)N1CCOCC1. The molecular weight excluding hydrogens is 324 g/mol. The minimum atomic E-state index is -2.97. The zero-order valence-electron chi connectivity index (χ0n) is 9.94. The summed E-state index contributed by atoms with van der Waals surface area (Å²) >= 11 is 3.16. The van der Waals surface area contributed by atoms with Crippen LogP contribution in [0.4, 0.5) is 8.78 Å². The van der Waals surface area contributed by atoms with Gasteiger partial charge in [0.15, 0.2) is 0 Å². The van der Waals surface area contributed by atoms with Crippen molar-refractivity contribution in [1.82, 2.24) is 4.90 Å². The van der Waals surface area contributed by atoms with E-state index in [2.05, 4.69) is 20.7 Å². The van der Waals surface area contributed by atoms with Gasteiger partial charge in [-0.2, -0.15) is 8.78 Å². The molecule has 19 heavy (non-hydrogen) atoms. The summed E-state index contributed by atoms with van der Waals surface area (Å²) in [7, 11) is 0. The number of benzene rings is 1. The van der Waals surface area contributed by atoms with E-state index in [9.17, 15) is 13.6 Å². The molecule has 1 heterocycles. The number of hydrogen-bond acceptors (Lipinski definition) is 3. The molecule has 1 aromatic rings. The van der Waals surface area contributed by atoms with Crippen LogP contribution in [0.3, 0.4) is 0 Å².